The van der Waals surface area contributed by atoms with Gasteiger partial charge in [0.1, 0.15) is 0 Å². The third-order valence-electron chi connectivity index (χ3n) is 3.43. The standard InChI is InChI=1S/C13H19N3O2/c14-13-6-5-12(16(17)18)9-11(13)10-15-7-3-1-2-4-8-15/h5-6,9H,1-4,7-8,10,14H2. The van der Waals surface area contributed by atoms with Crippen LogP contribution in [0.2, 0.25) is 0 Å². The Morgan fingerprint density at radius 1 is 1.22 bits per heavy atom. The van der Waals surface area contributed by atoms with Crippen molar-refractivity contribution < 1.29 is 4.92 Å². The molecule has 0 atom stereocenters. The molecule has 2 N–H and O–H groups in total. The highest BCUT2D eigenvalue weighted by molar-refractivity contribution is 5.52. The Bertz CT molecular complexity index is 426. The summed E-state index contributed by atoms with van der Waals surface area (Å²) < 4.78 is 0. The molecule has 98 valence electrons. The number of likely N-dealkylation sites (tertiary alicyclic amines) is 1. The molecule has 1 aliphatic rings. The Hall–Kier alpha value is -1.62. The second kappa shape index (κ2) is 5.82. The smallest absolute Gasteiger partial charge is 0.269 e. The van der Waals surface area contributed by atoms with Crippen molar-refractivity contribution in [1.29, 1.82) is 0 Å². The summed E-state index contributed by atoms with van der Waals surface area (Å²) in [4.78, 5) is 12.7. The SMILES string of the molecule is Nc1ccc([N+](=O)[O-])cc1CN1CCCCCC1. The van der Waals surface area contributed by atoms with Gasteiger partial charge in [-0.15, -0.1) is 0 Å². The van der Waals surface area contributed by atoms with Crippen LogP contribution >= 0.6 is 0 Å². The van der Waals surface area contributed by atoms with Gasteiger partial charge in [0.2, 0.25) is 0 Å². The summed E-state index contributed by atoms with van der Waals surface area (Å²) >= 11 is 0. The van der Waals surface area contributed by atoms with Crippen molar-refractivity contribution in [3.8, 4) is 0 Å². The summed E-state index contributed by atoms with van der Waals surface area (Å²) in [5, 5.41) is 10.8. The van der Waals surface area contributed by atoms with E-state index in [0.29, 0.717) is 12.2 Å². The molecule has 1 heterocycles. The summed E-state index contributed by atoms with van der Waals surface area (Å²) in [6, 6.07) is 4.69. The lowest BCUT2D eigenvalue weighted by Crippen LogP contribution is -2.24. The molecule has 5 nitrogen and oxygen atoms in total. The third kappa shape index (κ3) is 3.20. The van der Waals surface area contributed by atoms with E-state index < -0.39 is 0 Å². The quantitative estimate of drug-likeness (QED) is 0.507. The molecule has 0 amide bonds. The van der Waals surface area contributed by atoms with Crippen LogP contribution in [0.5, 0.6) is 0 Å². The fourth-order valence-electron chi connectivity index (χ4n) is 2.38. The molecule has 0 aliphatic carbocycles. The van der Waals surface area contributed by atoms with Crippen LogP contribution in [0, 0.1) is 10.1 Å². The fourth-order valence-corrected chi connectivity index (χ4v) is 2.38. The highest BCUT2D eigenvalue weighted by Gasteiger charge is 2.14. The van der Waals surface area contributed by atoms with Crippen molar-refractivity contribution in [3.63, 3.8) is 0 Å². The van der Waals surface area contributed by atoms with Gasteiger partial charge in [0.05, 0.1) is 4.92 Å². The number of nitro groups is 1. The van der Waals surface area contributed by atoms with Gasteiger partial charge < -0.3 is 5.73 Å². The minimum absolute atomic E-state index is 0.119. The molecule has 2 rings (SSSR count). The summed E-state index contributed by atoms with van der Waals surface area (Å²) in [5.74, 6) is 0. The molecule has 1 aromatic carbocycles. The highest BCUT2D eigenvalue weighted by atomic mass is 16.6. The molecule has 0 spiro atoms. The molecule has 1 fully saturated rings. The number of hydrogen-bond acceptors (Lipinski definition) is 4. The second-order valence-corrected chi connectivity index (χ2v) is 4.83. The van der Waals surface area contributed by atoms with Gasteiger partial charge in [0.15, 0.2) is 0 Å². The summed E-state index contributed by atoms with van der Waals surface area (Å²) in [5.41, 5.74) is 7.53. The third-order valence-corrected chi connectivity index (χ3v) is 3.43. The first-order valence-electron chi connectivity index (χ1n) is 6.42. The fraction of sp³-hybridized carbons (Fsp3) is 0.538. The predicted octanol–water partition coefficient (Wildman–Crippen LogP) is 2.55. The van der Waals surface area contributed by atoms with Crippen molar-refractivity contribution >= 4 is 11.4 Å². The maximum atomic E-state index is 10.8. The summed E-state index contributed by atoms with van der Waals surface area (Å²) in [7, 11) is 0. The van der Waals surface area contributed by atoms with Gasteiger partial charge in [0, 0.05) is 24.4 Å². The molecular weight excluding hydrogens is 230 g/mol. The summed E-state index contributed by atoms with van der Waals surface area (Å²) in [6.45, 7) is 2.83. The topological polar surface area (TPSA) is 72.4 Å². The van der Waals surface area contributed by atoms with Crippen LogP contribution in [-0.4, -0.2) is 22.9 Å². The Morgan fingerprint density at radius 3 is 2.50 bits per heavy atom. The highest BCUT2D eigenvalue weighted by Crippen LogP contribution is 2.22. The number of benzene rings is 1. The first-order chi connectivity index (χ1) is 8.66. The van der Waals surface area contributed by atoms with Crippen LogP contribution in [-0.2, 0) is 6.54 Å². The molecular formula is C13H19N3O2. The normalized spacial score (nSPS) is 17.3. The Labute approximate surface area is 107 Å². The van der Waals surface area contributed by atoms with Crippen LogP contribution in [0.3, 0.4) is 0 Å². The molecule has 1 aromatic rings. The summed E-state index contributed by atoms with van der Waals surface area (Å²) in [6.07, 6.45) is 4.96. The average molecular weight is 249 g/mol. The average Bonchev–Trinajstić information content (AvgIpc) is 2.60. The number of nitrogens with two attached hydrogens (primary N) is 1. The van der Waals surface area contributed by atoms with E-state index in [1.54, 1.807) is 12.1 Å². The van der Waals surface area contributed by atoms with Crippen molar-refractivity contribution in [3.05, 3.63) is 33.9 Å². The van der Waals surface area contributed by atoms with E-state index in [9.17, 15) is 10.1 Å². The van der Waals surface area contributed by atoms with E-state index in [0.717, 1.165) is 18.7 Å². The monoisotopic (exact) mass is 249 g/mol. The van der Waals surface area contributed by atoms with E-state index in [1.165, 1.54) is 31.7 Å². The molecule has 0 radical (unpaired) electrons. The van der Waals surface area contributed by atoms with Crippen molar-refractivity contribution in [2.75, 3.05) is 18.8 Å². The van der Waals surface area contributed by atoms with Crippen LogP contribution in [0.1, 0.15) is 31.2 Å². The van der Waals surface area contributed by atoms with Crippen molar-refractivity contribution in [2.45, 2.75) is 32.2 Å². The van der Waals surface area contributed by atoms with E-state index in [-0.39, 0.29) is 10.6 Å². The maximum absolute atomic E-state index is 10.8. The van der Waals surface area contributed by atoms with Gasteiger partial charge in [-0.05, 0) is 37.6 Å². The molecule has 1 aliphatic heterocycles. The Balaban J connectivity index is 2.11. The zero-order chi connectivity index (χ0) is 13.0. The number of hydrogen-bond donors (Lipinski definition) is 1. The van der Waals surface area contributed by atoms with Crippen LogP contribution in [0.15, 0.2) is 18.2 Å². The predicted molar refractivity (Wildman–Crippen MR) is 71.3 cm³/mol. The van der Waals surface area contributed by atoms with Crippen LogP contribution in [0.4, 0.5) is 11.4 Å². The number of nitrogens with zero attached hydrogens (tertiary/aromatic N) is 2. The van der Waals surface area contributed by atoms with E-state index in [2.05, 4.69) is 4.90 Å². The molecule has 0 unspecified atom stereocenters. The largest absolute Gasteiger partial charge is 0.398 e. The first-order valence-corrected chi connectivity index (χ1v) is 6.42. The zero-order valence-corrected chi connectivity index (χ0v) is 10.5. The lowest BCUT2D eigenvalue weighted by atomic mass is 10.1. The number of nitro benzene ring substituents is 1. The number of rotatable bonds is 3. The van der Waals surface area contributed by atoms with Gasteiger partial charge in [-0.25, -0.2) is 0 Å². The molecule has 0 saturated carbocycles. The molecule has 1 saturated heterocycles. The number of anilines is 1. The van der Waals surface area contributed by atoms with Gasteiger partial charge in [-0.3, -0.25) is 15.0 Å². The van der Waals surface area contributed by atoms with E-state index in [4.69, 9.17) is 5.73 Å². The van der Waals surface area contributed by atoms with E-state index >= 15 is 0 Å². The van der Waals surface area contributed by atoms with Crippen molar-refractivity contribution in [1.82, 2.24) is 4.90 Å². The molecule has 0 bridgehead atoms. The van der Waals surface area contributed by atoms with Gasteiger partial charge in [0.25, 0.3) is 5.69 Å². The zero-order valence-electron chi connectivity index (χ0n) is 10.5. The number of non-ortho nitro benzene ring substituents is 1. The minimum atomic E-state index is -0.370. The lowest BCUT2D eigenvalue weighted by Gasteiger charge is -2.20. The molecule has 5 heteroatoms. The van der Waals surface area contributed by atoms with Gasteiger partial charge in [-0.1, -0.05) is 12.8 Å². The maximum Gasteiger partial charge on any atom is 0.269 e. The van der Waals surface area contributed by atoms with Crippen LogP contribution < -0.4 is 5.73 Å². The minimum Gasteiger partial charge on any atom is -0.398 e. The van der Waals surface area contributed by atoms with Crippen molar-refractivity contribution in [2.24, 2.45) is 0 Å². The van der Waals surface area contributed by atoms with E-state index in [1.807, 2.05) is 0 Å². The second-order valence-electron chi connectivity index (χ2n) is 4.83. The molecule has 0 aromatic heterocycles. The Kier molecular flexibility index (Phi) is 4.15. The number of nitrogen functional groups attached to an aromatic ring is 1. The van der Waals surface area contributed by atoms with Crippen LogP contribution in [0.25, 0.3) is 0 Å². The van der Waals surface area contributed by atoms with Gasteiger partial charge >= 0.3 is 0 Å². The molecule has 18 heavy (non-hydrogen) atoms. The van der Waals surface area contributed by atoms with Gasteiger partial charge in [-0.2, -0.15) is 0 Å². The first kappa shape index (κ1) is 12.8. The lowest BCUT2D eigenvalue weighted by molar-refractivity contribution is -0.384. The Morgan fingerprint density at radius 2 is 1.89 bits per heavy atom.